The Labute approximate surface area is 144 Å². The maximum Gasteiger partial charge on any atom is 0.271 e. The van der Waals surface area contributed by atoms with Gasteiger partial charge in [-0.25, -0.2) is 4.98 Å². The van der Waals surface area contributed by atoms with Crippen LogP contribution in [-0.4, -0.2) is 28.2 Å². The van der Waals surface area contributed by atoms with Crippen molar-refractivity contribution in [3.8, 4) is 0 Å². The molecule has 24 heavy (non-hydrogen) atoms. The van der Waals surface area contributed by atoms with Crippen molar-refractivity contribution in [2.75, 3.05) is 6.54 Å². The van der Waals surface area contributed by atoms with E-state index in [4.69, 9.17) is 5.73 Å². The van der Waals surface area contributed by atoms with Gasteiger partial charge in [-0.2, -0.15) is 0 Å². The molecule has 0 spiro atoms. The third-order valence-electron chi connectivity index (χ3n) is 3.95. The standard InChI is InChI=1S/C17H20N4O2S/c18-8-15-20-14(11-24-15)17(23)19-9-12-3-1-4-13(7-12)10-21-6-2-5-16(21)22/h1,3-4,7,11H,2,5-6,8-10,18H2,(H,19,23). The topological polar surface area (TPSA) is 88.3 Å². The van der Waals surface area contributed by atoms with Gasteiger partial charge in [0.2, 0.25) is 5.91 Å². The van der Waals surface area contributed by atoms with Crippen LogP contribution in [0.25, 0.3) is 0 Å². The van der Waals surface area contributed by atoms with Gasteiger partial charge < -0.3 is 16.0 Å². The van der Waals surface area contributed by atoms with Crippen molar-refractivity contribution < 1.29 is 9.59 Å². The van der Waals surface area contributed by atoms with E-state index in [-0.39, 0.29) is 11.8 Å². The van der Waals surface area contributed by atoms with Crippen LogP contribution in [0.4, 0.5) is 0 Å². The van der Waals surface area contributed by atoms with Crippen LogP contribution in [0.3, 0.4) is 0 Å². The lowest BCUT2D eigenvalue weighted by Gasteiger charge is -2.16. The minimum absolute atomic E-state index is 0.203. The number of nitrogens with two attached hydrogens (primary N) is 1. The lowest BCUT2D eigenvalue weighted by atomic mass is 10.1. The van der Waals surface area contributed by atoms with E-state index in [1.807, 2.05) is 29.2 Å². The van der Waals surface area contributed by atoms with E-state index in [2.05, 4.69) is 10.3 Å². The molecule has 6 nitrogen and oxygen atoms in total. The third-order valence-corrected chi connectivity index (χ3v) is 4.82. The summed E-state index contributed by atoms with van der Waals surface area (Å²) in [5.74, 6) is 0.0130. The number of nitrogens with zero attached hydrogens (tertiary/aromatic N) is 2. The summed E-state index contributed by atoms with van der Waals surface area (Å²) in [7, 11) is 0. The monoisotopic (exact) mass is 344 g/mol. The quantitative estimate of drug-likeness (QED) is 0.834. The van der Waals surface area contributed by atoms with Crippen LogP contribution in [0, 0.1) is 0 Å². The van der Waals surface area contributed by atoms with Gasteiger partial charge in [-0.05, 0) is 17.5 Å². The number of benzene rings is 1. The van der Waals surface area contributed by atoms with E-state index in [1.54, 1.807) is 5.38 Å². The molecule has 1 fully saturated rings. The molecule has 0 saturated carbocycles. The van der Waals surface area contributed by atoms with Crippen LogP contribution in [0.1, 0.15) is 39.5 Å². The van der Waals surface area contributed by atoms with Gasteiger partial charge in [0, 0.05) is 38.0 Å². The first-order valence-corrected chi connectivity index (χ1v) is 8.82. The van der Waals surface area contributed by atoms with Crippen molar-refractivity contribution in [1.29, 1.82) is 0 Å². The van der Waals surface area contributed by atoms with Gasteiger partial charge in [-0.1, -0.05) is 24.3 Å². The zero-order valence-corrected chi connectivity index (χ0v) is 14.1. The number of aromatic nitrogens is 1. The van der Waals surface area contributed by atoms with E-state index in [0.717, 1.165) is 29.1 Å². The molecular formula is C17H20N4O2S. The molecule has 2 amide bonds. The lowest BCUT2D eigenvalue weighted by molar-refractivity contribution is -0.128. The fraction of sp³-hybridized carbons (Fsp3) is 0.353. The van der Waals surface area contributed by atoms with Crippen LogP contribution < -0.4 is 11.1 Å². The number of carbonyl (C=O) groups excluding carboxylic acids is 2. The summed E-state index contributed by atoms with van der Waals surface area (Å²) in [5.41, 5.74) is 7.99. The minimum Gasteiger partial charge on any atom is -0.347 e. The van der Waals surface area contributed by atoms with Crippen molar-refractivity contribution in [2.45, 2.75) is 32.5 Å². The van der Waals surface area contributed by atoms with Gasteiger partial charge >= 0.3 is 0 Å². The Bertz CT molecular complexity index is 744. The fourth-order valence-corrected chi connectivity index (χ4v) is 3.37. The minimum atomic E-state index is -0.203. The number of carbonyl (C=O) groups is 2. The average Bonchev–Trinajstić information content (AvgIpc) is 3.23. The summed E-state index contributed by atoms with van der Waals surface area (Å²) in [6.07, 6.45) is 1.58. The predicted molar refractivity (Wildman–Crippen MR) is 92.3 cm³/mol. The van der Waals surface area contributed by atoms with Crippen LogP contribution in [-0.2, 0) is 24.4 Å². The SMILES string of the molecule is NCc1nc(C(=O)NCc2cccc(CN3CCCC3=O)c2)cs1. The van der Waals surface area contributed by atoms with Crippen molar-refractivity contribution >= 4 is 23.2 Å². The molecule has 1 aliphatic rings. The summed E-state index contributed by atoms with van der Waals surface area (Å²) in [6.45, 7) is 2.23. The Morgan fingerprint density at radius 1 is 1.38 bits per heavy atom. The Balaban J connectivity index is 1.58. The molecule has 0 radical (unpaired) electrons. The van der Waals surface area contributed by atoms with E-state index < -0.39 is 0 Å². The summed E-state index contributed by atoms with van der Waals surface area (Å²) >= 11 is 1.39. The van der Waals surface area contributed by atoms with Crippen LogP contribution in [0.5, 0.6) is 0 Å². The molecule has 126 valence electrons. The number of hydrogen-bond donors (Lipinski definition) is 2. The summed E-state index contributed by atoms with van der Waals surface area (Å²) in [6, 6.07) is 7.94. The number of thiazole rings is 1. The Hall–Kier alpha value is -2.25. The highest BCUT2D eigenvalue weighted by Gasteiger charge is 2.20. The number of nitrogens with one attached hydrogen (secondary N) is 1. The smallest absolute Gasteiger partial charge is 0.271 e. The van der Waals surface area contributed by atoms with E-state index >= 15 is 0 Å². The molecule has 0 bridgehead atoms. The van der Waals surface area contributed by atoms with Gasteiger partial charge in [-0.15, -0.1) is 11.3 Å². The molecule has 0 atom stereocenters. The average molecular weight is 344 g/mol. The third kappa shape index (κ3) is 3.98. The summed E-state index contributed by atoms with van der Waals surface area (Å²) < 4.78 is 0. The lowest BCUT2D eigenvalue weighted by Crippen LogP contribution is -2.24. The summed E-state index contributed by atoms with van der Waals surface area (Å²) in [4.78, 5) is 29.9. The van der Waals surface area contributed by atoms with Gasteiger partial charge in [0.25, 0.3) is 5.91 Å². The molecule has 2 aromatic rings. The zero-order chi connectivity index (χ0) is 16.9. The van der Waals surface area contributed by atoms with Crippen LogP contribution in [0.15, 0.2) is 29.6 Å². The van der Waals surface area contributed by atoms with Crippen molar-refractivity contribution in [2.24, 2.45) is 5.73 Å². The molecule has 0 aliphatic carbocycles. The fourth-order valence-electron chi connectivity index (χ4n) is 2.71. The molecule has 1 aromatic heterocycles. The number of rotatable bonds is 6. The van der Waals surface area contributed by atoms with Gasteiger partial charge in [0.15, 0.2) is 0 Å². The Kier molecular flexibility index (Phi) is 5.22. The normalized spacial score (nSPS) is 14.2. The predicted octanol–water partition coefficient (Wildman–Crippen LogP) is 1.65. The molecular weight excluding hydrogens is 324 g/mol. The zero-order valence-electron chi connectivity index (χ0n) is 13.3. The Morgan fingerprint density at radius 2 is 2.21 bits per heavy atom. The second-order valence-corrected chi connectivity index (χ2v) is 6.69. The second kappa shape index (κ2) is 7.55. The highest BCUT2D eigenvalue weighted by atomic mass is 32.1. The van der Waals surface area contributed by atoms with Crippen LogP contribution >= 0.6 is 11.3 Å². The maximum atomic E-state index is 12.1. The van der Waals surface area contributed by atoms with E-state index in [1.165, 1.54) is 11.3 Å². The van der Waals surface area contributed by atoms with Gasteiger partial charge in [0.05, 0.1) is 0 Å². The molecule has 1 aliphatic heterocycles. The first kappa shape index (κ1) is 16.6. The molecule has 1 aromatic carbocycles. The Morgan fingerprint density at radius 3 is 2.92 bits per heavy atom. The molecule has 3 N–H and O–H groups in total. The molecule has 2 heterocycles. The molecule has 7 heteroatoms. The maximum absolute atomic E-state index is 12.1. The molecule has 1 saturated heterocycles. The van der Waals surface area contributed by atoms with Crippen LogP contribution in [0.2, 0.25) is 0 Å². The number of hydrogen-bond acceptors (Lipinski definition) is 5. The van der Waals surface area contributed by atoms with E-state index in [0.29, 0.717) is 31.7 Å². The highest BCUT2D eigenvalue weighted by molar-refractivity contribution is 7.09. The van der Waals surface area contributed by atoms with Crippen molar-refractivity contribution in [1.82, 2.24) is 15.2 Å². The largest absolute Gasteiger partial charge is 0.347 e. The summed E-state index contributed by atoms with van der Waals surface area (Å²) in [5, 5.41) is 5.33. The second-order valence-electron chi connectivity index (χ2n) is 5.75. The van der Waals surface area contributed by atoms with Crippen molar-refractivity contribution in [3.05, 3.63) is 51.5 Å². The number of amides is 2. The van der Waals surface area contributed by atoms with Crippen molar-refractivity contribution in [3.63, 3.8) is 0 Å². The molecule has 3 rings (SSSR count). The van der Waals surface area contributed by atoms with Gasteiger partial charge in [0.1, 0.15) is 10.7 Å². The highest BCUT2D eigenvalue weighted by Crippen LogP contribution is 2.15. The number of likely N-dealkylation sites (tertiary alicyclic amines) is 1. The van der Waals surface area contributed by atoms with E-state index in [9.17, 15) is 9.59 Å². The van der Waals surface area contributed by atoms with Gasteiger partial charge in [-0.3, -0.25) is 9.59 Å². The first-order chi connectivity index (χ1) is 11.7. The molecule has 0 unspecified atom stereocenters. The first-order valence-electron chi connectivity index (χ1n) is 7.94.